The van der Waals surface area contributed by atoms with Crippen LogP contribution in [0.15, 0.2) is 30.6 Å². The average molecular weight is 359 g/mol. The van der Waals surface area contributed by atoms with Gasteiger partial charge in [0, 0.05) is 6.20 Å². The zero-order chi connectivity index (χ0) is 18.8. The van der Waals surface area contributed by atoms with Crippen molar-refractivity contribution < 1.29 is 14.6 Å². The molecule has 26 heavy (non-hydrogen) atoms. The molecule has 0 fully saturated rings. The predicted molar refractivity (Wildman–Crippen MR) is 101 cm³/mol. The molecule has 0 radical (unpaired) electrons. The minimum atomic E-state index is -0.707. The Labute approximate surface area is 155 Å². The summed E-state index contributed by atoms with van der Waals surface area (Å²) in [4.78, 5) is 15.4. The molecule has 2 aromatic rings. The molecule has 0 aliphatic heterocycles. The number of aromatic nitrogens is 3. The molecule has 2 aromatic heterocycles. The lowest BCUT2D eigenvalue weighted by Gasteiger charge is -2.18. The van der Waals surface area contributed by atoms with Crippen LogP contribution in [0.3, 0.4) is 0 Å². The molecule has 0 atom stereocenters. The van der Waals surface area contributed by atoms with Crippen molar-refractivity contribution in [2.75, 3.05) is 6.61 Å². The second kappa shape index (κ2) is 9.94. The van der Waals surface area contributed by atoms with E-state index in [0.29, 0.717) is 6.61 Å². The predicted octanol–water partition coefficient (Wildman–Crippen LogP) is 4.69. The number of aliphatic carboxylic acids is 1. The fraction of sp³-hybridized carbons (Fsp3) is 0.550. The van der Waals surface area contributed by atoms with Crippen molar-refractivity contribution in [1.29, 1.82) is 0 Å². The first-order valence-electron chi connectivity index (χ1n) is 9.31. The van der Waals surface area contributed by atoms with Crippen molar-refractivity contribution in [2.24, 2.45) is 5.41 Å². The molecule has 2 heterocycles. The van der Waals surface area contributed by atoms with E-state index in [1.54, 1.807) is 26.2 Å². The molecule has 6 nitrogen and oxygen atoms in total. The molecule has 142 valence electrons. The van der Waals surface area contributed by atoms with Crippen LogP contribution in [-0.2, 0) is 4.79 Å². The highest BCUT2D eigenvalue weighted by molar-refractivity contribution is 5.73. The molecule has 0 aliphatic carbocycles. The third-order valence-electron chi connectivity index (χ3n) is 4.56. The second-order valence-corrected chi connectivity index (χ2v) is 7.26. The first-order valence-corrected chi connectivity index (χ1v) is 9.31. The minimum absolute atomic E-state index is 0.602. The number of aromatic amines is 1. The van der Waals surface area contributed by atoms with Gasteiger partial charge in [-0.3, -0.25) is 14.9 Å². The molecule has 0 spiro atoms. The second-order valence-electron chi connectivity index (χ2n) is 7.26. The molecule has 0 saturated heterocycles. The number of carboxylic acid groups (broad SMARTS) is 1. The van der Waals surface area contributed by atoms with Crippen molar-refractivity contribution in [1.82, 2.24) is 15.2 Å². The van der Waals surface area contributed by atoms with E-state index in [2.05, 4.69) is 15.2 Å². The van der Waals surface area contributed by atoms with Crippen LogP contribution in [0.1, 0.15) is 58.8 Å². The zero-order valence-electron chi connectivity index (χ0n) is 15.7. The Balaban J connectivity index is 1.51. The monoisotopic (exact) mass is 359 g/mol. The lowest BCUT2D eigenvalue weighted by molar-refractivity contribution is -0.147. The first-order chi connectivity index (χ1) is 12.5. The van der Waals surface area contributed by atoms with Crippen molar-refractivity contribution in [2.45, 2.75) is 58.8 Å². The molecule has 0 aromatic carbocycles. The van der Waals surface area contributed by atoms with E-state index in [1.165, 1.54) is 0 Å². The maximum Gasteiger partial charge on any atom is 0.309 e. The number of hydrogen-bond donors (Lipinski definition) is 2. The van der Waals surface area contributed by atoms with E-state index < -0.39 is 11.4 Å². The Kier molecular flexibility index (Phi) is 7.63. The molecule has 2 N–H and O–H groups in total. The fourth-order valence-corrected chi connectivity index (χ4v) is 2.70. The summed E-state index contributed by atoms with van der Waals surface area (Å²) in [6, 6.07) is 5.72. The van der Waals surface area contributed by atoms with E-state index in [1.807, 2.05) is 18.2 Å². The number of nitrogens with zero attached hydrogens (tertiary/aromatic N) is 2. The molecular formula is C20H29N3O3. The highest BCUT2D eigenvalue weighted by Gasteiger charge is 2.25. The summed E-state index contributed by atoms with van der Waals surface area (Å²) in [6.07, 6.45) is 10.7. The Hall–Kier alpha value is -2.37. The molecule has 0 amide bonds. The maximum absolute atomic E-state index is 11.0. The van der Waals surface area contributed by atoms with Gasteiger partial charge >= 0.3 is 5.97 Å². The van der Waals surface area contributed by atoms with Crippen molar-refractivity contribution >= 4 is 5.97 Å². The van der Waals surface area contributed by atoms with Crippen LogP contribution < -0.4 is 4.74 Å². The van der Waals surface area contributed by atoms with Gasteiger partial charge in [-0.2, -0.15) is 5.10 Å². The number of pyridine rings is 1. The van der Waals surface area contributed by atoms with E-state index in [0.717, 1.165) is 62.1 Å². The summed E-state index contributed by atoms with van der Waals surface area (Å²) >= 11 is 0. The SMILES string of the molecule is CC(C)(CCCCCCCCOc1ccc(-c2ccn[nH]2)nc1)C(=O)O. The highest BCUT2D eigenvalue weighted by Crippen LogP contribution is 2.24. The van der Waals surface area contributed by atoms with E-state index in [4.69, 9.17) is 9.84 Å². The van der Waals surface area contributed by atoms with Crippen LogP contribution in [0.5, 0.6) is 5.75 Å². The molecule has 0 aliphatic rings. The van der Waals surface area contributed by atoms with Gasteiger partial charge in [-0.1, -0.05) is 32.1 Å². The third-order valence-corrected chi connectivity index (χ3v) is 4.56. The highest BCUT2D eigenvalue weighted by atomic mass is 16.5. The first kappa shape index (κ1) is 19.9. The number of rotatable bonds is 12. The van der Waals surface area contributed by atoms with Gasteiger partial charge in [0.25, 0.3) is 0 Å². The lowest BCUT2D eigenvalue weighted by Crippen LogP contribution is -2.23. The summed E-state index contributed by atoms with van der Waals surface area (Å²) in [7, 11) is 0. The molecule has 6 heteroatoms. The van der Waals surface area contributed by atoms with Gasteiger partial charge in [0.05, 0.1) is 29.6 Å². The van der Waals surface area contributed by atoms with Gasteiger partial charge < -0.3 is 9.84 Å². The largest absolute Gasteiger partial charge is 0.492 e. The Morgan fingerprint density at radius 3 is 2.46 bits per heavy atom. The zero-order valence-corrected chi connectivity index (χ0v) is 15.7. The average Bonchev–Trinajstić information content (AvgIpc) is 3.15. The summed E-state index contributed by atoms with van der Waals surface area (Å²) in [6.45, 7) is 4.28. The number of nitrogens with one attached hydrogen (secondary N) is 1. The fourth-order valence-electron chi connectivity index (χ4n) is 2.70. The lowest BCUT2D eigenvalue weighted by atomic mass is 9.87. The van der Waals surface area contributed by atoms with Crippen LogP contribution in [-0.4, -0.2) is 32.9 Å². The molecule has 0 bridgehead atoms. The number of ether oxygens (including phenoxy) is 1. The topological polar surface area (TPSA) is 88.1 Å². The van der Waals surface area contributed by atoms with Crippen molar-refractivity contribution in [3.05, 3.63) is 30.6 Å². The smallest absolute Gasteiger partial charge is 0.309 e. The van der Waals surface area contributed by atoms with Crippen LogP contribution >= 0.6 is 0 Å². The van der Waals surface area contributed by atoms with Crippen LogP contribution in [0.4, 0.5) is 0 Å². The van der Waals surface area contributed by atoms with Gasteiger partial charge in [0.1, 0.15) is 5.75 Å². The van der Waals surface area contributed by atoms with Gasteiger partial charge in [-0.05, 0) is 44.9 Å². The van der Waals surface area contributed by atoms with E-state index in [-0.39, 0.29) is 0 Å². The normalized spacial score (nSPS) is 11.5. The summed E-state index contributed by atoms with van der Waals surface area (Å²) in [5.74, 6) is 0.0749. The Bertz CT molecular complexity index is 651. The number of carbonyl (C=O) groups is 1. The van der Waals surface area contributed by atoms with Gasteiger partial charge in [-0.25, -0.2) is 0 Å². The summed E-state index contributed by atoms with van der Waals surface area (Å²) in [5, 5.41) is 15.9. The van der Waals surface area contributed by atoms with Crippen LogP contribution in [0.25, 0.3) is 11.4 Å². The standard InChI is InChI=1S/C20H29N3O3/c1-20(2,19(24)25)12-7-5-3-4-6-8-14-26-16-9-10-17(21-15-16)18-11-13-22-23-18/h9-11,13,15H,3-8,12,14H2,1-2H3,(H,22,23)(H,24,25). The Morgan fingerprint density at radius 1 is 1.12 bits per heavy atom. The number of hydrogen-bond acceptors (Lipinski definition) is 4. The van der Waals surface area contributed by atoms with Crippen LogP contribution in [0.2, 0.25) is 0 Å². The van der Waals surface area contributed by atoms with Gasteiger partial charge in [-0.15, -0.1) is 0 Å². The van der Waals surface area contributed by atoms with Crippen molar-refractivity contribution in [3.63, 3.8) is 0 Å². The van der Waals surface area contributed by atoms with Crippen LogP contribution in [0, 0.1) is 5.41 Å². The minimum Gasteiger partial charge on any atom is -0.492 e. The van der Waals surface area contributed by atoms with Gasteiger partial charge in [0.15, 0.2) is 0 Å². The Morgan fingerprint density at radius 2 is 1.85 bits per heavy atom. The van der Waals surface area contributed by atoms with E-state index >= 15 is 0 Å². The molecule has 0 saturated carbocycles. The van der Waals surface area contributed by atoms with Gasteiger partial charge in [0.2, 0.25) is 0 Å². The summed E-state index contributed by atoms with van der Waals surface area (Å²) < 4.78 is 5.72. The maximum atomic E-state index is 11.0. The van der Waals surface area contributed by atoms with Crippen molar-refractivity contribution in [3.8, 4) is 17.1 Å². The molecular weight excluding hydrogens is 330 g/mol. The van der Waals surface area contributed by atoms with E-state index in [9.17, 15) is 4.79 Å². The summed E-state index contributed by atoms with van der Waals surface area (Å²) in [5.41, 5.74) is 1.14. The quantitative estimate of drug-likeness (QED) is 0.537. The third kappa shape index (κ3) is 6.50. The number of carboxylic acids is 1. The number of unbranched alkanes of at least 4 members (excludes halogenated alkanes) is 5. The number of H-pyrrole nitrogens is 1. The molecule has 0 unspecified atom stereocenters. The molecule has 2 rings (SSSR count).